The molecule has 0 saturated carbocycles. The number of rotatable bonds is 5. The van der Waals surface area contributed by atoms with Gasteiger partial charge in [0.1, 0.15) is 22.3 Å². The van der Waals surface area contributed by atoms with Crippen LogP contribution in [-0.2, 0) is 5.41 Å². The van der Waals surface area contributed by atoms with Gasteiger partial charge in [-0.3, -0.25) is 0 Å². The number of furan rings is 2. The zero-order valence-electron chi connectivity index (χ0n) is 35.3. The van der Waals surface area contributed by atoms with Crippen molar-refractivity contribution in [3.8, 4) is 44.5 Å². The van der Waals surface area contributed by atoms with Crippen LogP contribution in [0.5, 0.6) is 0 Å². The van der Waals surface area contributed by atoms with Gasteiger partial charge in [0.2, 0.25) is 0 Å². The van der Waals surface area contributed by atoms with Crippen LogP contribution in [0.2, 0.25) is 0 Å². The maximum Gasteiger partial charge on any atom is 0.144 e. The molecular weight excluding hydrogens is 765 g/mol. The van der Waals surface area contributed by atoms with E-state index >= 15 is 0 Å². The summed E-state index contributed by atoms with van der Waals surface area (Å²) in [6.07, 6.45) is 11.0. The number of benzene rings is 9. The van der Waals surface area contributed by atoms with E-state index < -0.39 is 0 Å². The fraction of sp³-hybridized carbons (Fsp3) is 0.0820. The van der Waals surface area contributed by atoms with E-state index in [1.54, 1.807) is 0 Å². The third kappa shape index (κ3) is 5.07. The van der Waals surface area contributed by atoms with Crippen LogP contribution in [0.1, 0.15) is 48.9 Å². The highest BCUT2D eigenvalue weighted by molar-refractivity contribution is 6.28. The molecule has 11 aromatic rings. The average Bonchev–Trinajstić information content (AvgIpc) is 3.97. The molecule has 2 aliphatic rings. The number of hydrogen-bond acceptors (Lipinski definition) is 2. The summed E-state index contributed by atoms with van der Waals surface area (Å²) in [5.41, 5.74) is 18.1. The SMILES string of the molecule is C=Cc1c(C=C)c(-c2ccc3ccccc3c2)c2c(c1-c1ccc3c(c1)-c1ccc(-c4ccc5oc6c(ccc7ccc8oc9ccccc9c8c76)c5c4)cc1C3(C)C)=CCCC=2. The number of fused-ring (bicyclic) bond motifs is 14. The molecule has 0 amide bonds. The molecule has 9 aromatic carbocycles. The minimum absolute atomic E-state index is 0.184. The zero-order chi connectivity index (χ0) is 42.1. The molecule has 0 N–H and O–H groups in total. The Morgan fingerprint density at radius 3 is 1.90 bits per heavy atom. The van der Waals surface area contributed by atoms with E-state index in [1.165, 1.54) is 76.8 Å². The molecule has 298 valence electrons. The summed E-state index contributed by atoms with van der Waals surface area (Å²) < 4.78 is 13.0. The molecule has 2 heteroatoms. The lowest BCUT2D eigenvalue weighted by atomic mass is 9.80. The molecule has 2 nitrogen and oxygen atoms in total. The Morgan fingerprint density at radius 2 is 1.10 bits per heavy atom. The van der Waals surface area contributed by atoms with Gasteiger partial charge in [0.05, 0.1) is 0 Å². The third-order valence-corrected chi connectivity index (χ3v) is 14.2. The summed E-state index contributed by atoms with van der Waals surface area (Å²) in [6.45, 7) is 13.5. The molecule has 0 radical (unpaired) electrons. The molecule has 2 aliphatic carbocycles. The quantitative estimate of drug-likeness (QED) is 0.173. The fourth-order valence-electron chi connectivity index (χ4n) is 11.2. The van der Waals surface area contributed by atoms with Crippen LogP contribution in [-0.4, -0.2) is 0 Å². The minimum Gasteiger partial charge on any atom is -0.456 e. The van der Waals surface area contributed by atoms with Crippen molar-refractivity contribution in [3.05, 3.63) is 191 Å². The summed E-state index contributed by atoms with van der Waals surface area (Å²) in [6, 6.07) is 53.2. The van der Waals surface area contributed by atoms with Crippen molar-refractivity contribution in [2.24, 2.45) is 0 Å². The van der Waals surface area contributed by atoms with Crippen LogP contribution in [0.25, 0.3) is 134 Å². The van der Waals surface area contributed by atoms with Crippen molar-refractivity contribution < 1.29 is 8.83 Å². The van der Waals surface area contributed by atoms with Crippen LogP contribution >= 0.6 is 0 Å². The molecule has 0 fully saturated rings. The van der Waals surface area contributed by atoms with Gasteiger partial charge in [0.15, 0.2) is 0 Å². The molecular formula is C61H42O2. The Balaban J connectivity index is 0.943. The fourth-order valence-corrected chi connectivity index (χ4v) is 11.2. The van der Waals surface area contributed by atoms with Gasteiger partial charge in [-0.1, -0.05) is 148 Å². The highest BCUT2D eigenvalue weighted by Gasteiger charge is 2.36. The predicted molar refractivity (Wildman–Crippen MR) is 267 cm³/mol. The molecule has 63 heavy (non-hydrogen) atoms. The number of hydrogen-bond donors (Lipinski definition) is 0. The van der Waals surface area contributed by atoms with Crippen LogP contribution < -0.4 is 10.4 Å². The molecule has 0 bridgehead atoms. The maximum absolute atomic E-state index is 6.73. The van der Waals surface area contributed by atoms with E-state index in [-0.39, 0.29) is 5.41 Å². The first kappa shape index (κ1) is 36.0. The van der Waals surface area contributed by atoms with Gasteiger partial charge < -0.3 is 8.83 Å². The highest BCUT2D eigenvalue weighted by Crippen LogP contribution is 2.51. The molecule has 0 saturated heterocycles. The Bertz CT molecular complexity index is 3980. The molecule has 2 aromatic heterocycles. The summed E-state index contributed by atoms with van der Waals surface area (Å²) in [5, 5.41) is 11.7. The first-order valence-electron chi connectivity index (χ1n) is 22.0. The molecule has 0 spiro atoms. The van der Waals surface area contributed by atoms with Gasteiger partial charge in [0, 0.05) is 32.3 Å². The van der Waals surface area contributed by atoms with Gasteiger partial charge >= 0.3 is 0 Å². The second-order valence-electron chi connectivity index (χ2n) is 17.9. The lowest BCUT2D eigenvalue weighted by Crippen LogP contribution is -2.33. The van der Waals surface area contributed by atoms with Crippen molar-refractivity contribution in [3.63, 3.8) is 0 Å². The summed E-state index contributed by atoms with van der Waals surface area (Å²) in [4.78, 5) is 0. The van der Waals surface area contributed by atoms with E-state index in [9.17, 15) is 0 Å². The Labute approximate surface area is 365 Å². The van der Waals surface area contributed by atoms with E-state index in [2.05, 4.69) is 173 Å². The van der Waals surface area contributed by atoms with Gasteiger partial charge in [-0.15, -0.1) is 0 Å². The van der Waals surface area contributed by atoms with Crippen LogP contribution in [0.3, 0.4) is 0 Å². The lowest BCUT2D eigenvalue weighted by Gasteiger charge is -2.23. The average molecular weight is 807 g/mol. The summed E-state index contributed by atoms with van der Waals surface area (Å²) in [5.74, 6) is 0. The second kappa shape index (κ2) is 13.2. The van der Waals surface area contributed by atoms with Gasteiger partial charge in [-0.25, -0.2) is 0 Å². The summed E-state index contributed by atoms with van der Waals surface area (Å²) in [7, 11) is 0. The molecule has 0 atom stereocenters. The van der Waals surface area contributed by atoms with Gasteiger partial charge in [-0.2, -0.15) is 0 Å². The van der Waals surface area contributed by atoms with E-state index in [0.717, 1.165) is 78.6 Å². The van der Waals surface area contributed by atoms with Crippen molar-refractivity contribution in [1.29, 1.82) is 0 Å². The Kier molecular flexibility index (Phi) is 7.52. The van der Waals surface area contributed by atoms with E-state index in [1.807, 2.05) is 24.3 Å². The first-order chi connectivity index (χ1) is 30.9. The third-order valence-electron chi connectivity index (χ3n) is 14.2. The highest BCUT2D eigenvalue weighted by atomic mass is 16.3. The standard InChI is InChI=1S/C61H42O2/c1-5-42-43(6-2)57(46-16-10-9-15-45(46)56(42)40-20-19-35-13-7-8-14-37(35)31-40)41-23-28-51-49(33-41)44-26-22-39(34-52(44)61(51,3)4)38-25-29-54-50(32-38)47-27-21-36-24-30-55-59(58(36)60(47)63-54)48-17-11-12-18-53(48)62-55/h5-8,11-34H,1-2,9-10H2,3-4H3. The smallest absolute Gasteiger partial charge is 0.144 e. The molecule has 0 unspecified atom stereocenters. The van der Waals surface area contributed by atoms with Gasteiger partial charge in [-0.05, 0) is 155 Å². The van der Waals surface area contributed by atoms with Crippen LogP contribution in [0.15, 0.2) is 168 Å². The van der Waals surface area contributed by atoms with Crippen molar-refractivity contribution in [2.45, 2.75) is 32.1 Å². The lowest BCUT2D eigenvalue weighted by molar-refractivity contribution is 0.660. The molecule has 2 heterocycles. The Hall–Kier alpha value is -7.68. The zero-order valence-corrected chi connectivity index (χ0v) is 35.3. The van der Waals surface area contributed by atoms with Crippen molar-refractivity contribution in [2.75, 3.05) is 0 Å². The predicted octanol–water partition coefficient (Wildman–Crippen LogP) is 15.7. The van der Waals surface area contributed by atoms with E-state index in [4.69, 9.17) is 8.83 Å². The maximum atomic E-state index is 6.73. The van der Waals surface area contributed by atoms with Crippen molar-refractivity contribution >= 4 is 89.7 Å². The van der Waals surface area contributed by atoms with Gasteiger partial charge in [0.25, 0.3) is 0 Å². The summed E-state index contributed by atoms with van der Waals surface area (Å²) >= 11 is 0. The van der Waals surface area contributed by atoms with Crippen molar-refractivity contribution in [1.82, 2.24) is 0 Å². The number of para-hydroxylation sites is 1. The molecule has 0 aliphatic heterocycles. The topological polar surface area (TPSA) is 26.3 Å². The minimum atomic E-state index is -0.184. The van der Waals surface area contributed by atoms with Crippen LogP contribution in [0.4, 0.5) is 0 Å². The van der Waals surface area contributed by atoms with E-state index in [0.29, 0.717) is 0 Å². The van der Waals surface area contributed by atoms with Crippen LogP contribution in [0, 0.1) is 0 Å². The monoisotopic (exact) mass is 806 g/mol. The Morgan fingerprint density at radius 1 is 0.460 bits per heavy atom. The first-order valence-corrected chi connectivity index (χ1v) is 22.0. The normalized spacial score (nSPS) is 13.9. The second-order valence-corrected chi connectivity index (χ2v) is 17.9. The molecule has 13 rings (SSSR count). The largest absolute Gasteiger partial charge is 0.456 e.